The molecular weight excluding hydrogens is 226 g/mol. The third kappa shape index (κ3) is 4.93. The Balaban J connectivity index is 2.29. The fraction of sp³-hybridized carbons (Fsp3) is 0.800. The van der Waals surface area contributed by atoms with Crippen LogP contribution in [-0.2, 0) is 13.0 Å². The molecule has 0 radical (unpaired) electrons. The standard InChI is InChI=1S/C10H19N3S2/c1-14-7-4-3-6-13-10(5-8-15-2)9-11-12-13/h9H,3-8H2,1-2H3. The van der Waals surface area contributed by atoms with E-state index in [1.807, 2.05) is 29.7 Å². The summed E-state index contributed by atoms with van der Waals surface area (Å²) in [4.78, 5) is 0. The van der Waals surface area contributed by atoms with Gasteiger partial charge in [-0.3, -0.25) is 0 Å². The first-order valence-electron chi connectivity index (χ1n) is 5.23. The predicted molar refractivity (Wildman–Crippen MR) is 69.7 cm³/mol. The highest BCUT2D eigenvalue weighted by Gasteiger charge is 2.02. The minimum atomic E-state index is 1.02. The van der Waals surface area contributed by atoms with Gasteiger partial charge in [-0.2, -0.15) is 23.5 Å². The lowest BCUT2D eigenvalue weighted by atomic mass is 10.3. The van der Waals surface area contributed by atoms with Crippen LogP contribution in [0.4, 0.5) is 0 Å². The van der Waals surface area contributed by atoms with Crippen molar-refractivity contribution in [1.82, 2.24) is 15.0 Å². The number of hydrogen-bond donors (Lipinski definition) is 0. The van der Waals surface area contributed by atoms with Crippen LogP contribution in [-0.4, -0.2) is 39.0 Å². The first-order chi connectivity index (χ1) is 7.38. The normalized spacial score (nSPS) is 10.8. The second kappa shape index (κ2) is 8.05. The highest BCUT2D eigenvalue weighted by molar-refractivity contribution is 7.98. The molecule has 0 atom stereocenters. The number of nitrogens with zero attached hydrogens (tertiary/aromatic N) is 3. The van der Waals surface area contributed by atoms with Gasteiger partial charge in [0.25, 0.3) is 0 Å². The lowest BCUT2D eigenvalue weighted by molar-refractivity contribution is 0.537. The minimum absolute atomic E-state index is 1.02. The Bertz CT molecular complexity index is 263. The molecule has 15 heavy (non-hydrogen) atoms. The monoisotopic (exact) mass is 245 g/mol. The van der Waals surface area contributed by atoms with Crippen molar-refractivity contribution in [3.63, 3.8) is 0 Å². The van der Waals surface area contributed by atoms with Gasteiger partial charge in [-0.05, 0) is 36.9 Å². The Kier molecular flexibility index (Phi) is 6.92. The third-order valence-electron chi connectivity index (χ3n) is 2.23. The van der Waals surface area contributed by atoms with Gasteiger partial charge in [-0.15, -0.1) is 5.10 Å². The van der Waals surface area contributed by atoms with Crippen molar-refractivity contribution in [2.24, 2.45) is 0 Å². The third-order valence-corrected chi connectivity index (χ3v) is 3.54. The number of hydrogen-bond acceptors (Lipinski definition) is 4. The zero-order valence-corrected chi connectivity index (χ0v) is 11.1. The molecule has 0 aliphatic carbocycles. The highest BCUT2D eigenvalue weighted by Crippen LogP contribution is 2.06. The summed E-state index contributed by atoms with van der Waals surface area (Å²) in [5, 5.41) is 8.09. The van der Waals surface area contributed by atoms with Gasteiger partial charge in [-0.1, -0.05) is 5.21 Å². The molecule has 0 fully saturated rings. The van der Waals surface area contributed by atoms with Crippen LogP contribution in [0.25, 0.3) is 0 Å². The average molecular weight is 245 g/mol. The Morgan fingerprint density at radius 1 is 1.20 bits per heavy atom. The van der Waals surface area contributed by atoms with Crippen molar-refractivity contribution in [3.05, 3.63) is 11.9 Å². The molecule has 0 saturated carbocycles. The molecule has 3 nitrogen and oxygen atoms in total. The number of rotatable bonds is 8. The van der Waals surface area contributed by atoms with Crippen LogP contribution in [0.3, 0.4) is 0 Å². The Hall–Kier alpha value is -0.160. The molecule has 1 rings (SSSR count). The van der Waals surface area contributed by atoms with Crippen LogP contribution >= 0.6 is 23.5 Å². The van der Waals surface area contributed by atoms with E-state index < -0.39 is 0 Å². The molecular formula is C10H19N3S2. The van der Waals surface area contributed by atoms with Crippen LogP contribution in [0.1, 0.15) is 18.5 Å². The average Bonchev–Trinajstić information content (AvgIpc) is 2.69. The molecule has 0 bridgehead atoms. The molecule has 1 aromatic rings. The number of thioether (sulfide) groups is 2. The van der Waals surface area contributed by atoms with Crippen LogP contribution in [0, 0.1) is 0 Å². The molecule has 0 amide bonds. The number of aryl methyl sites for hydroxylation is 2. The first kappa shape index (κ1) is 12.9. The molecule has 0 saturated heterocycles. The van der Waals surface area contributed by atoms with Crippen LogP contribution in [0.2, 0.25) is 0 Å². The predicted octanol–water partition coefficient (Wildman–Crippen LogP) is 2.33. The van der Waals surface area contributed by atoms with Crippen molar-refractivity contribution in [1.29, 1.82) is 0 Å². The molecule has 0 spiro atoms. The fourth-order valence-corrected chi connectivity index (χ4v) is 2.28. The highest BCUT2D eigenvalue weighted by atomic mass is 32.2. The lowest BCUT2D eigenvalue weighted by Crippen LogP contribution is -2.06. The largest absolute Gasteiger partial charge is 0.249 e. The summed E-state index contributed by atoms with van der Waals surface area (Å²) in [6, 6.07) is 0. The Morgan fingerprint density at radius 3 is 2.73 bits per heavy atom. The van der Waals surface area contributed by atoms with Gasteiger partial charge < -0.3 is 0 Å². The lowest BCUT2D eigenvalue weighted by Gasteiger charge is -2.04. The maximum absolute atomic E-state index is 4.12. The molecule has 86 valence electrons. The topological polar surface area (TPSA) is 30.7 Å². The summed E-state index contributed by atoms with van der Waals surface area (Å²) >= 11 is 3.78. The van der Waals surface area contributed by atoms with E-state index in [4.69, 9.17) is 0 Å². The van der Waals surface area contributed by atoms with Crippen LogP contribution in [0.5, 0.6) is 0 Å². The molecule has 1 heterocycles. The van der Waals surface area contributed by atoms with Crippen LogP contribution < -0.4 is 0 Å². The van der Waals surface area contributed by atoms with Gasteiger partial charge in [0.2, 0.25) is 0 Å². The van der Waals surface area contributed by atoms with Gasteiger partial charge in [0, 0.05) is 13.0 Å². The van der Waals surface area contributed by atoms with Crippen molar-refractivity contribution < 1.29 is 0 Å². The molecule has 0 aliphatic heterocycles. The number of aromatic nitrogens is 3. The quantitative estimate of drug-likeness (QED) is 0.658. The summed E-state index contributed by atoms with van der Waals surface area (Å²) in [5.74, 6) is 2.40. The van der Waals surface area contributed by atoms with Crippen molar-refractivity contribution in [2.45, 2.75) is 25.8 Å². The molecule has 5 heteroatoms. The van der Waals surface area contributed by atoms with Gasteiger partial charge >= 0.3 is 0 Å². The van der Waals surface area contributed by atoms with Crippen molar-refractivity contribution in [2.75, 3.05) is 24.0 Å². The Morgan fingerprint density at radius 2 is 2.00 bits per heavy atom. The fourth-order valence-electron chi connectivity index (χ4n) is 1.38. The van der Waals surface area contributed by atoms with E-state index in [0.29, 0.717) is 0 Å². The second-order valence-corrected chi connectivity index (χ2v) is 5.36. The summed E-state index contributed by atoms with van der Waals surface area (Å²) in [6.45, 7) is 1.02. The van der Waals surface area contributed by atoms with Gasteiger partial charge in [0.05, 0.1) is 11.9 Å². The zero-order valence-electron chi connectivity index (χ0n) is 9.48. The van der Waals surface area contributed by atoms with E-state index >= 15 is 0 Å². The van der Waals surface area contributed by atoms with Crippen molar-refractivity contribution >= 4 is 23.5 Å². The van der Waals surface area contributed by atoms with E-state index in [-0.39, 0.29) is 0 Å². The minimum Gasteiger partial charge on any atom is -0.249 e. The number of unbranched alkanes of at least 4 members (excludes halogenated alkanes) is 1. The van der Waals surface area contributed by atoms with E-state index in [9.17, 15) is 0 Å². The molecule has 0 unspecified atom stereocenters. The SMILES string of the molecule is CSCCCCn1nncc1CCSC. The van der Waals surface area contributed by atoms with Crippen molar-refractivity contribution in [3.8, 4) is 0 Å². The molecule has 0 aromatic carbocycles. The zero-order chi connectivity index (χ0) is 10.9. The maximum atomic E-state index is 4.12. The smallest absolute Gasteiger partial charge is 0.0725 e. The Labute approximate surface area is 100 Å². The summed E-state index contributed by atoms with van der Waals surface area (Å²) in [6.07, 6.45) is 9.73. The van der Waals surface area contributed by atoms with E-state index in [1.54, 1.807) is 0 Å². The summed E-state index contributed by atoms with van der Waals surface area (Å²) in [7, 11) is 0. The van der Waals surface area contributed by atoms with E-state index in [0.717, 1.165) is 18.7 Å². The van der Waals surface area contributed by atoms with E-state index in [1.165, 1.54) is 24.3 Å². The maximum Gasteiger partial charge on any atom is 0.0725 e. The van der Waals surface area contributed by atoms with Crippen LogP contribution in [0.15, 0.2) is 6.20 Å². The summed E-state index contributed by atoms with van der Waals surface area (Å²) < 4.78 is 2.05. The summed E-state index contributed by atoms with van der Waals surface area (Å²) in [5.41, 5.74) is 1.27. The second-order valence-electron chi connectivity index (χ2n) is 3.39. The first-order valence-corrected chi connectivity index (χ1v) is 8.02. The van der Waals surface area contributed by atoms with Gasteiger partial charge in [0.1, 0.15) is 0 Å². The molecule has 0 N–H and O–H groups in total. The van der Waals surface area contributed by atoms with Gasteiger partial charge in [-0.25, -0.2) is 4.68 Å². The molecule has 1 aromatic heterocycles. The molecule has 0 aliphatic rings. The van der Waals surface area contributed by atoms with Gasteiger partial charge in [0.15, 0.2) is 0 Å². The van der Waals surface area contributed by atoms with E-state index in [2.05, 4.69) is 27.5 Å².